The molecular formula is C17H29ClN2O. The second-order valence-corrected chi connectivity index (χ2v) is 7.81. The van der Waals surface area contributed by atoms with Gasteiger partial charge in [-0.1, -0.05) is 32.1 Å². The van der Waals surface area contributed by atoms with E-state index < -0.39 is 0 Å². The third kappa shape index (κ3) is 2.84. The highest BCUT2D eigenvalue weighted by Crippen LogP contribution is 2.51. The van der Waals surface area contributed by atoms with E-state index in [9.17, 15) is 4.79 Å². The maximum Gasteiger partial charge on any atom is 0.226 e. The summed E-state index contributed by atoms with van der Waals surface area (Å²) in [5.41, 5.74) is 6.18. The Morgan fingerprint density at radius 3 is 2.38 bits per heavy atom. The van der Waals surface area contributed by atoms with E-state index in [4.69, 9.17) is 5.73 Å². The van der Waals surface area contributed by atoms with Crippen molar-refractivity contribution in [1.82, 2.24) is 4.90 Å². The Morgan fingerprint density at radius 1 is 0.905 bits per heavy atom. The summed E-state index contributed by atoms with van der Waals surface area (Å²) in [7, 11) is 0. The molecule has 4 rings (SSSR count). The molecule has 5 atom stereocenters. The van der Waals surface area contributed by atoms with Gasteiger partial charge in [0, 0.05) is 25.0 Å². The van der Waals surface area contributed by atoms with Crippen molar-refractivity contribution in [3.63, 3.8) is 0 Å². The third-order valence-corrected chi connectivity index (χ3v) is 6.64. The lowest BCUT2D eigenvalue weighted by molar-refractivity contribution is -0.132. The summed E-state index contributed by atoms with van der Waals surface area (Å²) in [6.07, 6.45) is 10.6. The monoisotopic (exact) mass is 312 g/mol. The number of likely N-dealkylation sites (tertiary alicyclic amines) is 1. The number of hydrogen-bond donors (Lipinski definition) is 1. The maximum atomic E-state index is 12.7. The van der Waals surface area contributed by atoms with Crippen LogP contribution >= 0.6 is 12.4 Å². The SMILES string of the molecule is Cl.NC1CCC2CN(C(=O)C3CC3C3CCCCC3)CC12. The van der Waals surface area contributed by atoms with Crippen LogP contribution in [0.3, 0.4) is 0 Å². The van der Waals surface area contributed by atoms with Crippen LogP contribution in [0.15, 0.2) is 0 Å². The zero-order chi connectivity index (χ0) is 13.7. The lowest BCUT2D eigenvalue weighted by atomic mass is 9.85. The van der Waals surface area contributed by atoms with Gasteiger partial charge in [0.05, 0.1) is 0 Å². The molecule has 1 aliphatic heterocycles. The quantitative estimate of drug-likeness (QED) is 0.852. The van der Waals surface area contributed by atoms with Gasteiger partial charge in [0.15, 0.2) is 0 Å². The molecule has 0 aromatic heterocycles. The van der Waals surface area contributed by atoms with E-state index in [1.165, 1.54) is 51.4 Å². The number of carbonyl (C=O) groups is 1. The van der Waals surface area contributed by atoms with E-state index in [1.807, 2.05) is 0 Å². The zero-order valence-electron chi connectivity index (χ0n) is 12.9. The standard InChI is InChI=1S/C17H28N2O.ClH/c18-16-7-6-12-9-19(10-15(12)16)17(20)14-8-13(14)11-4-2-1-3-5-11;/h11-16H,1-10,18H2;1H. The van der Waals surface area contributed by atoms with E-state index in [0.29, 0.717) is 29.7 Å². The van der Waals surface area contributed by atoms with Crippen molar-refractivity contribution in [2.45, 2.75) is 57.4 Å². The van der Waals surface area contributed by atoms with Gasteiger partial charge in [-0.05, 0) is 42.9 Å². The number of rotatable bonds is 2. The highest BCUT2D eigenvalue weighted by atomic mass is 35.5. The molecule has 5 unspecified atom stereocenters. The second kappa shape index (κ2) is 6.08. The molecule has 21 heavy (non-hydrogen) atoms. The Kier molecular flexibility index (Phi) is 4.52. The average Bonchev–Trinajstić information content (AvgIpc) is 3.05. The van der Waals surface area contributed by atoms with Crippen LogP contribution in [0.1, 0.15) is 51.4 Å². The molecule has 4 heteroatoms. The van der Waals surface area contributed by atoms with Gasteiger partial charge in [-0.15, -0.1) is 12.4 Å². The molecule has 4 aliphatic rings. The Balaban J connectivity index is 0.00000132. The molecule has 3 aliphatic carbocycles. The molecular weight excluding hydrogens is 284 g/mol. The van der Waals surface area contributed by atoms with Crippen LogP contribution in [0, 0.1) is 29.6 Å². The first-order chi connectivity index (χ1) is 9.74. The molecule has 0 aromatic carbocycles. The van der Waals surface area contributed by atoms with Gasteiger partial charge in [-0.3, -0.25) is 4.79 Å². The minimum absolute atomic E-state index is 0. The second-order valence-electron chi connectivity index (χ2n) is 7.81. The number of hydrogen-bond acceptors (Lipinski definition) is 2. The minimum atomic E-state index is 0. The van der Waals surface area contributed by atoms with Crippen molar-refractivity contribution in [2.24, 2.45) is 35.3 Å². The molecule has 1 heterocycles. The van der Waals surface area contributed by atoms with Crippen molar-refractivity contribution in [2.75, 3.05) is 13.1 Å². The van der Waals surface area contributed by atoms with Crippen molar-refractivity contribution < 1.29 is 4.79 Å². The summed E-state index contributed by atoms with van der Waals surface area (Å²) >= 11 is 0. The van der Waals surface area contributed by atoms with Crippen LogP contribution in [-0.2, 0) is 4.79 Å². The molecule has 4 fully saturated rings. The molecule has 0 radical (unpaired) electrons. The summed E-state index contributed by atoms with van der Waals surface area (Å²) < 4.78 is 0. The van der Waals surface area contributed by atoms with Gasteiger partial charge in [-0.2, -0.15) is 0 Å². The first-order valence-corrected chi connectivity index (χ1v) is 8.78. The molecule has 0 bridgehead atoms. The third-order valence-electron chi connectivity index (χ3n) is 6.64. The maximum absolute atomic E-state index is 12.7. The van der Waals surface area contributed by atoms with E-state index >= 15 is 0 Å². The molecule has 0 spiro atoms. The van der Waals surface area contributed by atoms with Gasteiger partial charge in [0.1, 0.15) is 0 Å². The summed E-state index contributed by atoms with van der Waals surface area (Å²) in [6, 6.07) is 0.353. The van der Waals surface area contributed by atoms with Crippen LogP contribution in [0.25, 0.3) is 0 Å². The van der Waals surface area contributed by atoms with Crippen molar-refractivity contribution in [1.29, 1.82) is 0 Å². The van der Waals surface area contributed by atoms with Crippen LogP contribution in [0.4, 0.5) is 0 Å². The van der Waals surface area contributed by atoms with E-state index in [2.05, 4.69) is 4.90 Å². The first-order valence-electron chi connectivity index (χ1n) is 8.78. The predicted molar refractivity (Wildman–Crippen MR) is 86.2 cm³/mol. The summed E-state index contributed by atoms with van der Waals surface area (Å²) in [5.74, 6) is 3.76. The smallest absolute Gasteiger partial charge is 0.226 e. The minimum Gasteiger partial charge on any atom is -0.342 e. The van der Waals surface area contributed by atoms with E-state index in [-0.39, 0.29) is 12.4 Å². The number of nitrogens with two attached hydrogens (primary N) is 1. The van der Waals surface area contributed by atoms with Crippen LogP contribution in [0.5, 0.6) is 0 Å². The van der Waals surface area contributed by atoms with Gasteiger partial charge < -0.3 is 10.6 Å². The van der Waals surface area contributed by atoms with Gasteiger partial charge in [0.2, 0.25) is 5.91 Å². The predicted octanol–water partition coefficient (Wildman–Crippen LogP) is 2.82. The number of nitrogens with zero attached hydrogens (tertiary/aromatic N) is 1. The van der Waals surface area contributed by atoms with Crippen LogP contribution in [0.2, 0.25) is 0 Å². The Labute approximate surface area is 134 Å². The summed E-state index contributed by atoms with van der Waals surface area (Å²) in [5, 5.41) is 0. The van der Waals surface area contributed by atoms with Crippen molar-refractivity contribution in [3.05, 3.63) is 0 Å². The van der Waals surface area contributed by atoms with Crippen LogP contribution < -0.4 is 5.73 Å². The van der Waals surface area contributed by atoms with E-state index in [1.54, 1.807) is 0 Å². The fourth-order valence-corrected chi connectivity index (χ4v) is 5.30. The average molecular weight is 313 g/mol. The van der Waals surface area contributed by atoms with E-state index in [0.717, 1.165) is 24.9 Å². The Morgan fingerprint density at radius 2 is 1.67 bits per heavy atom. The molecule has 1 amide bonds. The molecule has 1 saturated heterocycles. The molecule has 0 aromatic rings. The topological polar surface area (TPSA) is 46.3 Å². The van der Waals surface area contributed by atoms with Gasteiger partial charge in [-0.25, -0.2) is 0 Å². The number of carbonyl (C=O) groups excluding carboxylic acids is 1. The van der Waals surface area contributed by atoms with Crippen LogP contribution in [-0.4, -0.2) is 29.9 Å². The Hall–Kier alpha value is -0.280. The highest BCUT2D eigenvalue weighted by molar-refractivity contribution is 5.85. The largest absolute Gasteiger partial charge is 0.342 e. The molecule has 2 N–H and O–H groups in total. The highest BCUT2D eigenvalue weighted by Gasteiger charge is 2.51. The normalized spacial score (nSPS) is 42.5. The lowest BCUT2D eigenvalue weighted by Crippen LogP contribution is -2.34. The van der Waals surface area contributed by atoms with Crippen molar-refractivity contribution >= 4 is 18.3 Å². The van der Waals surface area contributed by atoms with Gasteiger partial charge in [0.25, 0.3) is 0 Å². The first kappa shape index (κ1) is 15.6. The fraction of sp³-hybridized carbons (Fsp3) is 0.941. The zero-order valence-corrected chi connectivity index (χ0v) is 13.7. The van der Waals surface area contributed by atoms with Crippen molar-refractivity contribution in [3.8, 4) is 0 Å². The molecule has 120 valence electrons. The van der Waals surface area contributed by atoms with Gasteiger partial charge >= 0.3 is 0 Å². The summed E-state index contributed by atoms with van der Waals surface area (Å²) in [6.45, 7) is 1.96. The number of fused-ring (bicyclic) bond motifs is 1. The number of halogens is 1. The Bertz CT molecular complexity index is 396. The summed E-state index contributed by atoms with van der Waals surface area (Å²) in [4.78, 5) is 14.9. The number of amides is 1. The molecule has 3 nitrogen and oxygen atoms in total. The molecule has 3 saturated carbocycles. The fourth-order valence-electron chi connectivity index (χ4n) is 5.30. The lowest BCUT2D eigenvalue weighted by Gasteiger charge is -2.23.